The van der Waals surface area contributed by atoms with Gasteiger partial charge in [0.2, 0.25) is 0 Å². The zero-order chi connectivity index (χ0) is 20.1. The average Bonchev–Trinajstić information content (AvgIpc) is 3.04. The number of nitrogens with one attached hydrogen (secondary N) is 1. The molecule has 2 aromatic carbocycles. The van der Waals surface area contributed by atoms with Crippen molar-refractivity contribution in [2.45, 2.75) is 12.0 Å². The molecule has 3 rings (SSSR count). The van der Waals surface area contributed by atoms with Gasteiger partial charge in [-0.3, -0.25) is 0 Å². The molecule has 144 valence electrons. The standard InChI is InChI=1S/C21H19NO6/c1-2-19(24)28-20(25)18(11-23)22-21(26)27-12-17-15-9-5-3-7-13(15)14-8-4-6-10-16(14)17/h2-10,17-18,23H,1,11-12H2,(H,22,26)/t18-/m0/s1. The van der Waals surface area contributed by atoms with E-state index in [0.717, 1.165) is 28.3 Å². The van der Waals surface area contributed by atoms with Gasteiger partial charge in [-0.25, -0.2) is 14.4 Å². The highest BCUT2D eigenvalue weighted by atomic mass is 16.6. The largest absolute Gasteiger partial charge is 0.449 e. The van der Waals surface area contributed by atoms with Crippen molar-refractivity contribution in [1.29, 1.82) is 0 Å². The van der Waals surface area contributed by atoms with Crippen LogP contribution in [0, 0.1) is 0 Å². The molecule has 0 bridgehead atoms. The number of amides is 1. The lowest BCUT2D eigenvalue weighted by Crippen LogP contribution is -2.45. The van der Waals surface area contributed by atoms with Crippen LogP contribution in [0.15, 0.2) is 61.2 Å². The number of carbonyl (C=O) groups excluding carboxylic acids is 3. The Morgan fingerprint density at radius 3 is 2.18 bits per heavy atom. The molecule has 0 saturated carbocycles. The number of benzene rings is 2. The van der Waals surface area contributed by atoms with Crippen molar-refractivity contribution < 1.29 is 29.0 Å². The second-order valence-electron chi connectivity index (χ2n) is 6.15. The third-order valence-corrected chi connectivity index (χ3v) is 4.47. The summed E-state index contributed by atoms with van der Waals surface area (Å²) in [6.07, 6.45) is -0.0940. The summed E-state index contributed by atoms with van der Waals surface area (Å²) in [7, 11) is 0. The molecule has 0 spiro atoms. The van der Waals surface area contributed by atoms with Crippen LogP contribution in [0.5, 0.6) is 0 Å². The molecule has 0 aliphatic heterocycles. The molecule has 0 unspecified atom stereocenters. The fourth-order valence-corrected chi connectivity index (χ4v) is 3.17. The zero-order valence-electron chi connectivity index (χ0n) is 15.0. The van der Waals surface area contributed by atoms with E-state index in [4.69, 9.17) is 4.74 Å². The van der Waals surface area contributed by atoms with E-state index < -0.39 is 30.7 Å². The van der Waals surface area contributed by atoms with Gasteiger partial charge in [0, 0.05) is 12.0 Å². The number of carbonyl (C=O) groups is 3. The molecule has 1 atom stereocenters. The molecule has 1 aliphatic carbocycles. The number of hydrogen-bond acceptors (Lipinski definition) is 6. The molecule has 2 N–H and O–H groups in total. The third kappa shape index (κ3) is 3.94. The fraction of sp³-hybridized carbons (Fsp3) is 0.190. The Balaban J connectivity index is 1.65. The quantitative estimate of drug-likeness (QED) is 0.452. The number of ether oxygens (including phenoxy) is 2. The van der Waals surface area contributed by atoms with Crippen LogP contribution < -0.4 is 5.32 Å². The van der Waals surface area contributed by atoms with Crippen molar-refractivity contribution >= 4 is 18.0 Å². The summed E-state index contributed by atoms with van der Waals surface area (Å²) in [5.74, 6) is -2.21. The normalized spacial score (nSPS) is 13.0. The second kappa shape index (κ2) is 8.49. The first kappa shape index (κ1) is 19.3. The molecule has 2 aromatic rings. The van der Waals surface area contributed by atoms with Crippen molar-refractivity contribution in [1.82, 2.24) is 5.32 Å². The van der Waals surface area contributed by atoms with Gasteiger partial charge in [0.1, 0.15) is 6.61 Å². The van der Waals surface area contributed by atoms with E-state index >= 15 is 0 Å². The Bertz CT molecular complexity index is 877. The highest BCUT2D eigenvalue weighted by Gasteiger charge is 2.30. The van der Waals surface area contributed by atoms with Gasteiger partial charge in [-0.05, 0) is 22.3 Å². The van der Waals surface area contributed by atoms with Crippen LogP contribution >= 0.6 is 0 Å². The molecular formula is C21H19NO6. The van der Waals surface area contributed by atoms with E-state index in [9.17, 15) is 19.5 Å². The highest BCUT2D eigenvalue weighted by Crippen LogP contribution is 2.44. The smallest absolute Gasteiger partial charge is 0.407 e. The predicted octanol–water partition coefficient (Wildman–Crippen LogP) is 2.14. The summed E-state index contributed by atoms with van der Waals surface area (Å²) in [4.78, 5) is 34.9. The van der Waals surface area contributed by atoms with Gasteiger partial charge >= 0.3 is 18.0 Å². The van der Waals surface area contributed by atoms with Gasteiger partial charge < -0.3 is 19.9 Å². The van der Waals surface area contributed by atoms with Gasteiger partial charge in [0.15, 0.2) is 6.04 Å². The average molecular weight is 381 g/mol. The topological polar surface area (TPSA) is 102 Å². The zero-order valence-corrected chi connectivity index (χ0v) is 15.0. The lowest BCUT2D eigenvalue weighted by molar-refractivity contribution is -0.158. The van der Waals surface area contributed by atoms with E-state index in [1.165, 1.54) is 0 Å². The summed E-state index contributed by atoms with van der Waals surface area (Å²) in [5, 5.41) is 11.5. The molecule has 28 heavy (non-hydrogen) atoms. The van der Waals surface area contributed by atoms with Crippen molar-refractivity contribution in [2.75, 3.05) is 13.2 Å². The Morgan fingerprint density at radius 1 is 1.07 bits per heavy atom. The molecule has 0 aromatic heterocycles. The summed E-state index contributed by atoms with van der Waals surface area (Å²) >= 11 is 0. The van der Waals surface area contributed by atoms with Crippen LogP contribution in [0.3, 0.4) is 0 Å². The molecule has 1 amide bonds. The SMILES string of the molecule is C=CC(=O)OC(=O)[C@H](CO)NC(=O)OCC1c2ccccc2-c2ccccc21. The first-order chi connectivity index (χ1) is 13.5. The predicted molar refractivity (Wildman–Crippen MR) is 100 cm³/mol. The van der Waals surface area contributed by atoms with E-state index in [1.807, 2.05) is 48.5 Å². The minimum atomic E-state index is -1.42. The maximum atomic E-state index is 12.1. The maximum Gasteiger partial charge on any atom is 0.407 e. The molecule has 0 fully saturated rings. The third-order valence-electron chi connectivity index (χ3n) is 4.47. The van der Waals surface area contributed by atoms with Crippen molar-refractivity contribution in [2.24, 2.45) is 0 Å². The lowest BCUT2D eigenvalue weighted by Gasteiger charge is -2.17. The summed E-state index contributed by atoms with van der Waals surface area (Å²) < 4.78 is 9.68. The van der Waals surface area contributed by atoms with Crippen LogP contribution in [0.2, 0.25) is 0 Å². The number of alkyl carbamates (subject to hydrolysis) is 1. The van der Waals surface area contributed by atoms with Crippen molar-refractivity contribution in [3.63, 3.8) is 0 Å². The molecule has 7 nitrogen and oxygen atoms in total. The molecule has 7 heteroatoms. The van der Waals surface area contributed by atoms with Gasteiger partial charge in [-0.15, -0.1) is 0 Å². The van der Waals surface area contributed by atoms with Gasteiger partial charge in [-0.1, -0.05) is 55.1 Å². The summed E-state index contributed by atoms with van der Waals surface area (Å²) in [5.41, 5.74) is 4.27. The van der Waals surface area contributed by atoms with E-state index in [-0.39, 0.29) is 12.5 Å². The monoisotopic (exact) mass is 381 g/mol. The van der Waals surface area contributed by atoms with E-state index in [1.54, 1.807) is 0 Å². The maximum absolute atomic E-state index is 12.1. The van der Waals surface area contributed by atoms with Crippen LogP contribution in [0.1, 0.15) is 17.0 Å². The number of aliphatic hydroxyl groups is 1. The summed E-state index contributed by atoms with van der Waals surface area (Å²) in [6.45, 7) is 2.48. The fourth-order valence-electron chi connectivity index (χ4n) is 3.17. The van der Waals surface area contributed by atoms with Crippen LogP contribution in [-0.2, 0) is 19.1 Å². The highest BCUT2D eigenvalue weighted by molar-refractivity contribution is 5.94. The van der Waals surface area contributed by atoms with Gasteiger partial charge in [0.25, 0.3) is 0 Å². The molecule has 0 saturated heterocycles. The number of rotatable bonds is 6. The summed E-state index contributed by atoms with van der Waals surface area (Å²) in [6, 6.07) is 14.3. The number of esters is 2. The van der Waals surface area contributed by atoms with Gasteiger partial charge in [-0.2, -0.15) is 0 Å². The minimum Gasteiger partial charge on any atom is -0.449 e. The molecular weight excluding hydrogens is 362 g/mol. The van der Waals surface area contributed by atoms with Crippen LogP contribution in [0.4, 0.5) is 4.79 Å². The van der Waals surface area contributed by atoms with Gasteiger partial charge in [0.05, 0.1) is 6.61 Å². The Labute approximate surface area is 161 Å². The lowest BCUT2D eigenvalue weighted by atomic mass is 9.98. The van der Waals surface area contributed by atoms with E-state index in [0.29, 0.717) is 0 Å². The number of hydrogen-bond donors (Lipinski definition) is 2. The Morgan fingerprint density at radius 2 is 1.64 bits per heavy atom. The van der Waals surface area contributed by atoms with Crippen LogP contribution in [-0.4, -0.2) is 42.4 Å². The van der Waals surface area contributed by atoms with Crippen molar-refractivity contribution in [3.05, 3.63) is 72.3 Å². The Hall–Kier alpha value is -3.45. The van der Waals surface area contributed by atoms with E-state index in [2.05, 4.69) is 16.6 Å². The molecule has 0 heterocycles. The number of fused-ring (bicyclic) bond motifs is 3. The Kier molecular flexibility index (Phi) is 5.86. The second-order valence-corrected chi connectivity index (χ2v) is 6.15. The first-order valence-electron chi connectivity index (χ1n) is 8.65. The molecule has 1 aliphatic rings. The van der Waals surface area contributed by atoms with Crippen molar-refractivity contribution in [3.8, 4) is 11.1 Å². The minimum absolute atomic E-state index is 0.0542. The number of aliphatic hydroxyl groups excluding tert-OH is 1. The molecule has 0 radical (unpaired) electrons. The first-order valence-corrected chi connectivity index (χ1v) is 8.65. The van der Waals surface area contributed by atoms with Crippen LogP contribution in [0.25, 0.3) is 11.1 Å².